The van der Waals surface area contributed by atoms with Crippen LogP contribution in [0.1, 0.15) is 36.5 Å². The predicted octanol–water partition coefficient (Wildman–Crippen LogP) is 2.45. The van der Waals surface area contributed by atoms with E-state index in [1.54, 1.807) is 23.9 Å². The summed E-state index contributed by atoms with van der Waals surface area (Å²) in [5.41, 5.74) is 0.418. The molecule has 0 bridgehead atoms. The number of sulfonamides is 1. The number of benzene rings is 1. The molecule has 0 aromatic heterocycles. The number of hydrogen-bond acceptors (Lipinski definition) is 4. The number of hydrogen-bond donors (Lipinski definition) is 1. The Labute approximate surface area is 124 Å². The summed E-state index contributed by atoms with van der Waals surface area (Å²) in [5, 5.41) is 0.534. The van der Waals surface area contributed by atoms with Crippen molar-refractivity contribution < 1.29 is 13.2 Å². The lowest BCUT2D eigenvalue weighted by molar-refractivity contribution is 0.101. The summed E-state index contributed by atoms with van der Waals surface area (Å²) in [6.45, 7) is 1.43. The van der Waals surface area contributed by atoms with Gasteiger partial charge in [-0.25, -0.2) is 13.1 Å². The van der Waals surface area contributed by atoms with Crippen molar-refractivity contribution >= 4 is 27.6 Å². The zero-order chi connectivity index (χ0) is 14.8. The summed E-state index contributed by atoms with van der Waals surface area (Å²) >= 11 is 1.78. The van der Waals surface area contributed by atoms with Gasteiger partial charge in [0.15, 0.2) is 5.78 Å². The number of ketones is 1. The standard InChI is InChI=1S/C14H19NO3S2/c1-10(16)11-4-3-5-14(8-11)20(17,18)15-12-6-7-13(9-12)19-2/h3-5,8,12-13,15H,6-7,9H2,1-2H3. The third-order valence-electron chi connectivity index (χ3n) is 3.59. The van der Waals surface area contributed by atoms with E-state index in [9.17, 15) is 13.2 Å². The largest absolute Gasteiger partial charge is 0.295 e. The summed E-state index contributed by atoms with van der Waals surface area (Å²) in [7, 11) is -3.54. The second-order valence-electron chi connectivity index (χ2n) is 5.07. The quantitative estimate of drug-likeness (QED) is 0.848. The molecule has 110 valence electrons. The zero-order valence-electron chi connectivity index (χ0n) is 11.6. The van der Waals surface area contributed by atoms with E-state index in [4.69, 9.17) is 0 Å². The van der Waals surface area contributed by atoms with Gasteiger partial charge >= 0.3 is 0 Å². The van der Waals surface area contributed by atoms with E-state index < -0.39 is 10.0 Å². The fourth-order valence-electron chi connectivity index (χ4n) is 2.43. The molecule has 1 aliphatic carbocycles. The molecule has 0 amide bonds. The molecule has 1 saturated carbocycles. The van der Waals surface area contributed by atoms with E-state index in [-0.39, 0.29) is 16.7 Å². The van der Waals surface area contributed by atoms with Crippen molar-refractivity contribution in [2.24, 2.45) is 0 Å². The van der Waals surface area contributed by atoms with Crippen LogP contribution in [0.5, 0.6) is 0 Å². The van der Waals surface area contributed by atoms with E-state index >= 15 is 0 Å². The van der Waals surface area contributed by atoms with Crippen molar-refractivity contribution in [3.05, 3.63) is 29.8 Å². The molecule has 0 radical (unpaired) electrons. The molecule has 1 aromatic rings. The van der Waals surface area contributed by atoms with Crippen molar-refractivity contribution in [3.63, 3.8) is 0 Å². The molecule has 1 N–H and O–H groups in total. The molecule has 2 unspecified atom stereocenters. The molecular formula is C14H19NO3S2. The SMILES string of the molecule is CSC1CCC(NS(=O)(=O)c2cccc(C(C)=O)c2)C1. The van der Waals surface area contributed by atoms with Gasteiger partial charge in [-0.2, -0.15) is 11.8 Å². The third-order valence-corrected chi connectivity index (χ3v) is 6.20. The monoisotopic (exact) mass is 313 g/mol. The van der Waals surface area contributed by atoms with E-state index in [0.717, 1.165) is 19.3 Å². The first kappa shape index (κ1) is 15.5. The fraction of sp³-hybridized carbons (Fsp3) is 0.500. The van der Waals surface area contributed by atoms with Gasteiger partial charge in [0.1, 0.15) is 0 Å². The van der Waals surface area contributed by atoms with Gasteiger partial charge < -0.3 is 0 Å². The average molecular weight is 313 g/mol. The van der Waals surface area contributed by atoms with E-state index in [1.165, 1.54) is 19.1 Å². The van der Waals surface area contributed by atoms with Gasteiger partial charge in [-0.15, -0.1) is 0 Å². The lowest BCUT2D eigenvalue weighted by Crippen LogP contribution is -2.33. The van der Waals surface area contributed by atoms with Crippen LogP contribution in [0.4, 0.5) is 0 Å². The van der Waals surface area contributed by atoms with E-state index in [1.807, 2.05) is 0 Å². The van der Waals surface area contributed by atoms with Crippen LogP contribution in [0, 0.1) is 0 Å². The number of rotatable bonds is 5. The summed E-state index contributed by atoms with van der Waals surface area (Å²) in [5.74, 6) is -0.134. The molecule has 0 spiro atoms. The van der Waals surface area contributed by atoms with Crippen molar-refractivity contribution in [2.75, 3.05) is 6.26 Å². The highest BCUT2D eigenvalue weighted by atomic mass is 32.2. The first-order chi connectivity index (χ1) is 9.42. The number of carbonyl (C=O) groups excluding carboxylic acids is 1. The zero-order valence-corrected chi connectivity index (χ0v) is 13.3. The molecule has 20 heavy (non-hydrogen) atoms. The molecule has 1 aliphatic rings. The normalized spacial score (nSPS) is 22.9. The third kappa shape index (κ3) is 3.62. The molecule has 0 aliphatic heterocycles. The van der Waals surface area contributed by atoms with Crippen molar-refractivity contribution in [1.29, 1.82) is 0 Å². The molecule has 2 atom stereocenters. The Kier molecular flexibility index (Phi) is 4.88. The Balaban J connectivity index is 2.14. The lowest BCUT2D eigenvalue weighted by atomic mass is 10.2. The van der Waals surface area contributed by atoms with Crippen LogP contribution in [-0.2, 0) is 10.0 Å². The Morgan fingerprint density at radius 2 is 2.10 bits per heavy atom. The highest BCUT2D eigenvalue weighted by Crippen LogP contribution is 2.29. The average Bonchev–Trinajstić information content (AvgIpc) is 2.86. The molecule has 6 heteroatoms. The minimum Gasteiger partial charge on any atom is -0.295 e. The predicted molar refractivity (Wildman–Crippen MR) is 81.7 cm³/mol. The van der Waals surface area contributed by atoms with Crippen LogP contribution in [0.2, 0.25) is 0 Å². The maximum absolute atomic E-state index is 12.3. The first-order valence-corrected chi connectivity index (χ1v) is 9.35. The lowest BCUT2D eigenvalue weighted by Gasteiger charge is -2.13. The molecule has 1 aromatic carbocycles. The van der Waals surface area contributed by atoms with Crippen LogP contribution in [-0.4, -0.2) is 31.7 Å². The second-order valence-corrected chi connectivity index (χ2v) is 7.93. The highest BCUT2D eigenvalue weighted by Gasteiger charge is 2.28. The molecule has 4 nitrogen and oxygen atoms in total. The Bertz CT molecular complexity index is 598. The van der Waals surface area contributed by atoms with Gasteiger partial charge in [-0.05, 0) is 44.6 Å². The molecule has 1 fully saturated rings. The maximum atomic E-state index is 12.3. The smallest absolute Gasteiger partial charge is 0.240 e. The number of nitrogens with one attached hydrogen (secondary N) is 1. The summed E-state index contributed by atoms with van der Waals surface area (Å²) in [4.78, 5) is 11.5. The summed E-state index contributed by atoms with van der Waals surface area (Å²) in [6, 6.07) is 6.19. The van der Waals surface area contributed by atoms with Crippen LogP contribution < -0.4 is 4.72 Å². The molecule has 0 saturated heterocycles. The fourth-order valence-corrected chi connectivity index (χ4v) is 4.56. The minimum atomic E-state index is -3.54. The van der Waals surface area contributed by atoms with Crippen molar-refractivity contribution in [1.82, 2.24) is 4.72 Å². The van der Waals surface area contributed by atoms with Crippen molar-refractivity contribution in [2.45, 2.75) is 42.4 Å². The Morgan fingerprint density at radius 3 is 2.70 bits per heavy atom. The summed E-state index contributed by atoms with van der Waals surface area (Å²) < 4.78 is 27.4. The number of Topliss-reactive ketones (excluding diaryl/α,β-unsaturated/α-hetero) is 1. The van der Waals surface area contributed by atoms with Gasteiger partial charge in [0.2, 0.25) is 10.0 Å². The van der Waals surface area contributed by atoms with Crippen molar-refractivity contribution in [3.8, 4) is 0 Å². The molecule has 0 heterocycles. The van der Waals surface area contributed by atoms with Gasteiger partial charge in [0.25, 0.3) is 0 Å². The molecular weight excluding hydrogens is 294 g/mol. The Hall–Kier alpha value is -0.850. The van der Waals surface area contributed by atoms with Crippen LogP contribution in [0.15, 0.2) is 29.2 Å². The maximum Gasteiger partial charge on any atom is 0.240 e. The number of thioether (sulfide) groups is 1. The second kappa shape index (κ2) is 6.28. The van der Waals surface area contributed by atoms with E-state index in [0.29, 0.717) is 10.8 Å². The highest BCUT2D eigenvalue weighted by molar-refractivity contribution is 7.99. The van der Waals surface area contributed by atoms with Gasteiger partial charge in [0.05, 0.1) is 4.90 Å². The van der Waals surface area contributed by atoms with Gasteiger partial charge in [-0.1, -0.05) is 12.1 Å². The minimum absolute atomic E-state index is 0.00145. The van der Waals surface area contributed by atoms with Crippen LogP contribution in [0.25, 0.3) is 0 Å². The van der Waals surface area contributed by atoms with Crippen LogP contribution in [0.3, 0.4) is 0 Å². The summed E-state index contributed by atoms with van der Waals surface area (Å²) in [6.07, 6.45) is 4.84. The Morgan fingerprint density at radius 1 is 1.35 bits per heavy atom. The van der Waals surface area contributed by atoms with Gasteiger partial charge in [-0.3, -0.25) is 4.79 Å². The van der Waals surface area contributed by atoms with Gasteiger partial charge in [0, 0.05) is 16.9 Å². The first-order valence-electron chi connectivity index (χ1n) is 6.58. The number of carbonyl (C=O) groups is 1. The van der Waals surface area contributed by atoms with E-state index in [2.05, 4.69) is 11.0 Å². The van der Waals surface area contributed by atoms with Crippen LogP contribution >= 0.6 is 11.8 Å². The topological polar surface area (TPSA) is 63.2 Å². The molecule has 2 rings (SSSR count).